The summed E-state index contributed by atoms with van der Waals surface area (Å²) >= 11 is 0. The van der Waals surface area contributed by atoms with Crippen molar-refractivity contribution in [2.24, 2.45) is 0 Å². The van der Waals surface area contributed by atoms with Crippen LogP contribution in [0.5, 0.6) is 0 Å². The van der Waals surface area contributed by atoms with Crippen LogP contribution >= 0.6 is 0 Å². The predicted octanol–water partition coefficient (Wildman–Crippen LogP) is 3.80. The number of anilines is 1. The standard InChI is InChI=1S/C13H20N/c1-3-4-5-6-11-14-13-9-7-12(2)8-10-13/h7-10,14H,1,3-6,11H2,2H3. The SMILES string of the molecule is [CH2]CCCCCNc1ccc(C)cc1. The summed E-state index contributed by atoms with van der Waals surface area (Å²) in [5.74, 6) is 0. The molecule has 0 fully saturated rings. The number of unbranched alkanes of at least 4 members (excludes halogenated alkanes) is 3. The fraction of sp³-hybridized carbons (Fsp3) is 0.462. The molecule has 0 unspecified atom stereocenters. The van der Waals surface area contributed by atoms with Gasteiger partial charge in [-0.2, -0.15) is 0 Å². The first kappa shape index (κ1) is 11.1. The Hall–Kier alpha value is -0.980. The van der Waals surface area contributed by atoms with E-state index in [0.717, 1.165) is 13.0 Å². The molecule has 0 spiro atoms. The van der Waals surface area contributed by atoms with E-state index >= 15 is 0 Å². The van der Waals surface area contributed by atoms with Crippen LogP contribution in [0.3, 0.4) is 0 Å². The Labute approximate surface area is 87.5 Å². The molecule has 1 N–H and O–H groups in total. The lowest BCUT2D eigenvalue weighted by atomic mass is 10.2. The fourth-order valence-corrected chi connectivity index (χ4v) is 1.38. The minimum atomic E-state index is 1.06. The van der Waals surface area contributed by atoms with Gasteiger partial charge in [0, 0.05) is 12.2 Å². The summed E-state index contributed by atoms with van der Waals surface area (Å²) in [6.07, 6.45) is 4.83. The maximum atomic E-state index is 3.83. The first-order chi connectivity index (χ1) is 6.83. The van der Waals surface area contributed by atoms with Crippen LogP contribution in [-0.4, -0.2) is 6.54 Å². The zero-order valence-corrected chi connectivity index (χ0v) is 9.05. The van der Waals surface area contributed by atoms with Crippen molar-refractivity contribution in [2.45, 2.75) is 32.6 Å². The molecule has 0 aliphatic carbocycles. The average Bonchev–Trinajstić information content (AvgIpc) is 2.21. The molecule has 14 heavy (non-hydrogen) atoms. The third-order valence-corrected chi connectivity index (χ3v) is 2.31. The maximum absolute atomic E-state index is 3.83. The lowest BCUT2D eigenvalue weighted by Crippen LogP contribution is -2.00. The van der Waals surface area contributed by atoms with Gasteiger partial charge in [-0.1, -0.05) is 43.9 Å². The van der Waals surface area contributed by atoms with Gasteiger partial charge >= 0.3 is 0 Å². The summed E-state index contributed by atoms with van der Waals surface area (Å²) in [7, 11) is 0. The molecular formula is C13H20N. The second-order valence-electron chi connectivity index (χ2n) is 3.71. The highest BCUT2D eigenvalue weighted by atomic mass is 14.9. The molecule has 1 aromatic rings. The van der Waals surface area contributed by atoms with Gasteiger partial charge in [-0.25, -0.2) is 0 Å². The summed E-state index contributed by atoms with van der Waals surface area (Å²) in [6, 6.07) is 8.55. The number of hydrogen-bond acceptors (Lipinski definition) is 1. The Bertz CT molecular complexity index is 238. The molecule has 0 heterocycles. The van der Waals surface area contributed by atoms with E-state index in [9.17, 15) is 0 Å². The molecule has 1 radical (unpaired) electrons. The Morgan fingerprint density at radius 2 is 1.79 bits per heavy atom. The van der Waals surface area contributed by atoms with E-state index in [1.165, 1.54) is 30.5 Å². The van der Waals surface area contributed by atoms with Gasteiger partial charge in [-0.15, -0.1) is 0 Å². The highest BCUT2D eigenvalue weighted by molar-refractivity contribution is 5.44. The Morgan fingerprint density at radius 3 is 2.43 bits per heavy atom. The fourth-order valence-electron chi connectivity index (χ4n) is 1.38. The quantitative estimate of drug-likeness (QED) is 0.673. The third-order valence-electron chi connectivity index (χ3n) is 2.31. The summed E-state index contributed by atoms with van der Waals surface area (Å²) in [5, 5.41) is 3.41. The van der Waals surface area contributed by atoms with Crippen molar-refractivity contribution < 1.29 is 0 Å². The topological polar surface area (TPSA) is 12.0 Å². The van der Waals surface area contributed by atoms with E-state index in [0.29, 0.717) is 0 Å². The molecule has 1 aromatic carbocycles. The van der Waals surface area contributed by atoms with E-state index in [2.05, 4.69) is 43.4 Å². The number of hydrogen-bond donors (Lipinski definition) is 1. The monoisotopic (exact) mass is 190 g/mol. The van der Waals surface area contributed by atoms with Crippen LogP contribution in [0.25, 0.3) is 0 Å². The lowest BCUT2D eigenvalue weighted by Gasteiger charge is -2.05. The van der Waals surface area contributed by atoms with Gasteiger partial charge in [0.25, 0.3) is 0 Å². The number of nitrogens with one attached hydrogen (secondary N) is 1. The summed E-state index contributed by atoms with van der Waals surface area (Å²) in [4.78, 5) is 0. The van der Waals surface area contributed by atoms with Crippen molar-refractivity contribution in [3.63, 3.8) is 0 Å². The number of aryl methyl sites for hydroxylation is 1. The largest absolute Gasteiger partial charge is 0.385 e. The second-order valence-corrected chi connectivity index (χ2v) is 3.71. The molecule has 0 amide bonds. The van der Waals surface area contributed by atoms with Crippen LogP contribution in [-0.2, 0) is 0 Å². The first-order valence-corrected chi connectivity index (χ1v) is 5.42. The average molecular weight is 190 g/mol. The van der Waals surface area contributed by atoms with E-state index in [1.807, 2.05) is 0 Å². The molecule has 0 atom stereocenters. The van der Waals surface area contributed by atoms with Gasteiger partial charge in [0.1, 0.15) is 0 Å². The van der Waals surface area contributed by atoms with Crippen LogP contribution in [0.2, 0.25) is 0 Å². The van der Waals surface area contributed by atoms with Crippen LogP contribution in [0, 0.1) is 13.8 Å². The van der Waals surface area contributed by atoms with Gasteiger partial charge < -0.3 is 5.32 Å². The molecule has 0 aliphatic rings. The second kappa shape index (κ2) is 6.47. The van der Waals surface area contributed by atoms with Crippen molar-refractivity contribution in [2.75, 3.05) is 11.9 Å². The smallest absolute Gasteiger partial charge is 0.0340 e. The van der Waals surface area contributed by atoms with Crippen LogP contribution in [0.15, 0.2) is 24.3 Å². The molecule has 77 valence electrons. The van der Waals surface area contributed by atoms with E-state index in [4.69, 9.17) is 0 Å². The van der Waals surface area contributed by atoms with Gasteiger partial charge in [-0.3, -0.25) is 0 Å². The zero-order valence-electron chi connectivity index (χ0n) is 9.05. The minimum Gasteiger partial charge on any atom is -0.385 e. The van der Waals surface area contributed by atoms with E-state index in [-0.39, 0.29) is 0 Å². The van der Waals surface area contributed by atoms with E-state index in [1.54, 1.807) is 0 Å². The van der Waals surface area contributed by atoms with E-state index < -0.39 is 0 Å². The van der Waals surface area contributed by atoms with Gasteiger partial charge in [0.15, 0.2) is 0 Å². The van der Waals surface area contributed by atoms with Crippen molar-refractivity contribution in [1.29, 1.82) is 0 Å². The molecule has 1 rings (SSSR count). The predicted molar refractivity (Wildman–Crippen MR) is 63.5 cm³/mol. The lowest BCUT2D eigenvalue weighted by molar-refractivity contribution is 0.707. The Balaban J connectivity index is 2.15. The summed E-state index contributed by atoms with van der Waals surface area (Å²) < 4.78 is 0. The highest BCUT2D eigenvalue weighted by Gasteiger charge is 1.91. The molecule has 0 aliphatic heterocycles. The third kappa shape index (κ3) is 4.31. The zero-order chi connectivity index (χ0) is 10.2. The van der Waals surface area contributed by atoms with Crippen LogP contribution in [0.4, 0.5) is 5.69 Å². The van der Waals surface area contributed by atoms with Gasteiger partial charge in [0.05, 0.1) is 0 Å². The Kier molecular flexibility index (Phi) is 5.13. The summed E-state index contributed by atoms with van der Waals surface area (Å²) in [5.41, 5.74) is 2.54. The van der Waals surface area contributed by atoms with Gasteiger partial charge in [0.2, 0.25) is 0 Å². The molecule has 1 nitrogen and oxygen atoms in total. The van der Waals surface area contributed by atoms with Crippen molar-refractivity contribution in [3.8, 4) is 0 Å². The number of benzene rings is 1. The molecule has 1 heteroatoms. The minimum absolute atomic E-state index is 1.06. The van der Waals surface area contributed by atoms with Gasteiger partial charge in [-0.05, 0) is 25.5 Å². The van der Waals surface area contributed by atoms with Crippen LogP contribution < -0.4 is 5.32 Å². The van der Waals surface area contributed by atoms with Crippen LogP contribution in [0.1, 0.15) is 31.2 Å². The highest BCUT2D eigenvalue weighted by Crippen LogP contribution is 2.08. The normalized spacial score (nSPS) is 10.1. The van der Waals surface area contributed by atoms with Crippen molar-refractivity contribution in [1.82, 2.24) is 0 Å². The molecule has 0 aromatic heterocycles. The summed E-state index contributed by atoms with van der Waals surface area (Å²) in [6.45, 7) is 7.01. The number of rotatable bonds is 6. The maximum Gasteiger partial charge on any atom is 0.0340 e. The van der Waals surface area contributed by atoms with Crippen molar-refractivity contribution in [3.05, 3.63) is 36.8 Å². The molecular weight excluding hydrogens is 170 g/mol. The molecule has 0 saturated heterocycles. The Morgan fingerprint density at radius 1 is 1.07 bits per heavy atom. The first-order valence-electron chi connectivity index (χ1n) is 5.42. The van der Waals surface area contributed by atoms with Crippen molar-refractivity contribution >= 4 is 5.69 Å². The molecule has 0 saturated carbocycles. The molecule has 0 bridgehead atoms.